The third kappa shape index (κ3) is 2.67. The molecular formula is C14H11N3O3. The number of benzene rings is 2. The van der Waals surface area contributed by atoms with Gasteiger partial charge in [-0.3, -0.25) is 10.1 Å². The van der Waals surface area contributed by atoms with Crippen molar-refractivity contribution < 1.29 is 9.66 Å². The second-order valence-electron chi connectivity index (χ2n) is 4.17. The summed E-state index contributed by atoms with van der Waals surface area (Å²) >= 11 is 0. The van der Waals surface area contributed by atoms with Gasteiger partial charge in [-0.15, -0.1) is 0 Å². The lowest BCUT2D eigenvalue weighted by molar-refractivity contribution is -0.384. The number of nitro benzene ring substituents is 1. The minimum atomic E-state index is -0.526. The van der Waals surface area contributed by atoms with Gasteiger partial charge in [0.2, 0.25) is 0 Å². The number of nitrogen functional groups attached to an aromatic ring is 1. The molecule has 0 aromatic heterocycles. The Bertz CT molecular complexity index is 720. The fourth-order valence-corrected chi connectivity index (χ4v) is 1.64. The lowest BCUT2D eigenvalue weighted by atomic mass is 10.1. The largest absolute Gasteiger partial charge is 0.455 e. The summed E-state index contributed by atoms with van der Waals surface area (Å²) in [7, 11) is 0. The minimum absolute atomic E-state index is 0.0997. The van der Waals surface area contributed by atoms with Gasteiger partial charge in [-0.2, -0.15) is 5.26 Å². The van der Waals surface area contributed by atoms with Crippen molar-refractivity contribution >= 4 is 11.4 Å². The molecule has 6 nitrogen and oxygen atoms in total. The topological polar surface area (TPSA) is 102 Å². The zero-order valence-electron chi connectivity index (χ0n) is 10.7. The summed E-state index contributed by atoms with van der Waals surface area (Å²) in [5, 5.41) is 19.5. The van der Waals surface area contributed by atoms with Crippen molar-refractivity contribution in [3.8, 4) is 17.6 Å². The third-order valence-electron chi connectivity index (χ3n) is 2.74. The number of hydrogen-bond acceptors (Lipinski definition) is 5. The van der Waals surface area contributed by atoms with Crippen LogP contribution < -0.4 is 10.5 Å². The molecule has 100 valence electrons. The summed E-state index contributed by atoms with van der Waals surface area (Å²) in [6.45, 7) is 1.83. The Morgan fingerprint density at radius 1 is 1.25 bits per heavy atom. The summed E-state index contributed by atoms with van der Waals surface area (Å²) < 4.78 is 5.62. The maximum Gasteiger partial charge on any atom is 0.271 e. The van der Waals surface area contributed by atoms with E-state index in [-0.39, 0.29) is 11.4 Å². The van der Waals surface area contributed by atoms with Crippen molar-refractivity contribution in [2.75, 3.05) is 5.73 Å². The van der Waals surface area contributed by atoms with Crippen molar-refractivity contribution in [3.05, 3.63) is 57.6 Å². The number of ether oxygens (including phenoxy) is 1. The number of non-ortho nitro benzene ring substituents is 1. The average Bonchev–Trinajstić information content (AvgIpc) is 2.43. The average molecular weight is 269 g/mol. The van der Waals surface area contributed by atoms with E-state index in [2.05, 4.69) is 0 Å². The molecule has 20 heavy (non-hydrogen) atoms. The van der Waals surface area contributed by atoms with Gasteiger partial charge in [0, 0.05) is 12.1 Å². The van der Waals surface area contributed by atoms with Gasteiger partial charge in [0.1, 0.15) is 5.75 Å². The molecule has 0 saturated carbocycles. The van der Waals surface area contributed by atoms with E-state index in [1.165, 1.54) is 18.2 Å². The molecule has 0 spiro atoms. The molecule has 0 fully saturated rings. The van der Waals surface area contributed by atoms with Crippen LogP contribution in [-0.2, 0) is 0 Å². The lowest BCUT2D eigenvalue weighted by Crippen LogP contribution is -1.96. The SMILES string of the molecule is Cc1ccc(C#N)cc1Oc1ccc([N+](=O)[O-])cc1N. The zero-order valence-corrected chi connectivity index (χ0v) is 10.7. The lowest BCUT2D eigenvalue weighted by Gasteiger charge is -2.10. The summed E-state index contributed by atoms with van der Waals surface area (Å²) in [5.74, 6) is 0.804. The van der Waals surface area contributed by atoms with E-state index in [9.17, 15) is 10.1 Å². The second-order valence-corrected chi connectivity index (χ2v) is 4.17. The smallest absolute Gasteiger partial charge is 0.271 e. The molecule has 0 aliphatic heterocycles. The van der Waals surface area contributed by atoms with Crippen LogP contribution in [-0.4, -0.2) is 4.92 Å². The van der Waals surface area contributed by atoms with Crippen LogP contribution in [0.5, 0.6) is 11.5 Å². The molecule has 0 radical (unpaired) electrons. The Morgan fingerprint density at radius 3 is 2.60 bits per heavy atom. The molecule has 0 bridgehead atoms. The predicted octanol–water partition coefficient (Wildman–Crippen LogP) is 3.15. The first-order valence-corrected chi connectivity index (χ1v) is 5.74. The maximum absolute atomic E-state index is 10.6. The highest BCUT2D eigenvalue weighted by Crippen LogP contribution is 2.32. The highest BCUT2D eigenvalue weighted by molar-refractivity contribution is 5.60. The Balaban J connectivity index is 2.35. The van der Waals surface area contributed by atoms with Gasteiger partial charge in [-0.1, -0.05) is 6.07 Å². The monoisotopic (exact) mass is 269 g/mol. The first-order valence-electron chi connectivity index (χ1n) is 5.74. The molecular weight excluding hydrogens is 258 g/mol. The molecule has 0 unspecified atom stereocenters. The van der Waals surface area contributed by atoms with Crippen LogP contribution in [0.2, 0.25) is 0 Å². The van der Waals surface area contributed by atoms with Gasteiger partial charge in [0.25, 0.3) is 5.69 Å². The number of nitriles is 1. The van der Waals surface area contributed by atoms with Crippen molar-refractivity contribution in [1.29, 1.82) is 5.26 Å². The number of nitrogens with two attached hydrogens (primary N) is 1. The maximum atomic E-state index is 10.6. The summed E-state index contributed by atoms with van der Waals surface area (Å²) in [6, 6.07) is 11.0. The second kappa shape index (κ2) is 5.28. The van der Waals surface area contributed by atoms with E-state index >= 15 is 0 Å². The molecule has 0 aliphatic carbocycles. The van der Waals surface area contributed by atoms with Gasteiger partial charge >= 0.3 is 0 Å². The highest BCUT2D eigenvalue weighted by Gasteiger charge is 2.11. The summed E-state index contributed by atoms with van der Waals surface area (Å²) in [5.41, 5.74) is 7.10. The molecule has 2 aromatic rings. The number of anilines is 1. The first-order chi connectivity index (χ1) is 9.51. The molecule has 0 aliphatic rings. The minimum Gasteiger partial charge on any atom is -0.455 e. The van der Waals surface area contributed by atoms with E-state index in [1.807, 2.05) is 13.0 Å². The van der Waals surface area contributed by atoms with Gasteiger partial charge < -0.3 is 10.5 Å². The first kappa shape index (κ1) is 13.4. The van der Waals surface area contributed by atoms with Gasteiger partial charge in [0.05, 0.1) is 22.2 Å². The fourth-order valence-electron chi connectivity index (χ4n) is 1.64. The van der Waals surface area contributed by atoms with Gasteiger partial charge in [0.15, 0.2) is 5.75 Å². The summed E-state index contributed by atoms with van der Waals surface area (Å²) in [4.78, 5) is 10.1. The van der Waals surface area contributed by atoms with Gasteiger partial charge in [-0.25, -0.2) is 0 Å². The van der Waals surface area contributed by atoms with Crippen LogP contribution in [0.1, 0.15) is 11.1 Å². The number of rotatable bonds is 3. The molecule has 0 heterocycles. The van der Waals surface area contributed by atoms with E-state index in [4.69, 9.17) is 15.7 Å². The molecule has 2 N–H and O–H groups in total. The van der Waals surface area contributed by atoms with Crippen molar-refractivity contribution in [2.45, 2.75) is 6.92 Å². The quantitative estimate of drug-likeness (QED) is 0.523. The van der Waals surface area contributed by atoms with Crippen LogP contribution in [0.3, 0.4) is 0 Å². The number of hydrogen-bond donors (Lipinski definition) is 1. The number of nitrogens with zero attached hydrogens (tertiary/aromatic N) is 2. The molecule has 0 saturated heterocycles. The van der Waals surface area contributed by atoms with Gasteiger partial charge in [-0.05, 0) is 30.7 Å². The van der Waals surface area contributed by atoms with Crippen LogP contribution >= 0.6 is 0 Å². The van der Waals surface area contributed by atoms with Crippen LogP contribution in [0.15, 0.2) is 36.4 Å². The van der Waals surface area contributed by atoms with Crippen LogP contribution in [0.25, 0.3) is 0 Å². The highest BCUT2D eigenvalue weighted by atomic mass is 16.6. The van der Waals surface area contributed by atoms with Crippen molar-refractivity contribution in [1.82, 2.24) is 0 Å². The van der Waals surface area contributed by atoms with Crippen molar-refractivity contribution in [3.63, 3.8) is 0 Å². The third-order valence-corrected chi connectivity index (χ3v) is 2.74. The Labute approximate surface area is 115 Å². The Morgan fingerprint density at radius 2 is 2.00 bits per heavy atom. The zero-order chi connectivity index (χ0) is 14.7. The summed E-state index contributed by atoms with van der Waals surface area (Å²) in [6.07, 6.45) is 0. The number of aryl methyl sites for hydroxylation is 1. The Kier molecular flexibility index (Phi) is 3.53. The van der Waals surface area contributed by atoms with E-state index < -0.39 is 4.92 Å². The number of nitro groups is 1. The normalized spacial score (nSPS) is 9.80. The van der Waals surface area contributed by atoms with Crippen LogP contribution in [0.4, 0.5) is 11.4 Å². The standard InChI is InChI=1S/C14H11N3O3/c1-9-2-3-10(8-15)6-14(9)20-13-5-4-11(17(18)19)7-12(13)16/h2-7H,16H2,1H3. The predicted molar refractivity (Wildman–Crippen MR) is 73.5 cm³/mol. The molecule has 0 amide bonds. The van der Waals surface area contributed by atoms with Crippen LogP contribution in [0, 0.1) is 28.4 Å². The molecule has 0 atom stereocenters. The molecule has 6 heteroatoms. The van der Waals surface area contributed by atoms with E-state index in [0.29, 0.717) is 17.1 Å². The fraction of sp³-hybridized carbons (Fsp3) is 0.0714. The van der Waals surface area contributed by atoms with Crippen molar-refractivity contribution in [2.24, 2.45) is 0 Å². The van der Waals surface area contributed by atoms with E-state index in [0.717, 1.165) is 5.56 Å². The molecule has 2 rings (SSSR count). The Hall–Kier alpha value is -3.07. The van der Waals surface area contributed by atoms with E-state index in [1.54, 1.807) is 18.2 Å². The molecule has 2 aromatic carbocycles.